The van der Waals surface area contributed by atoms with Crippen LogP contribution in [-0.4, -0.2) is 13.2 Å². The highest BCUT2D eigenvalue weighted by Crippen LogP contribution is 2.24. The van der Waals surface area contributed by atoms with Crippen LogP contribution in [0.3, 0.4) is 0 Å². The number of rotatable bonds is 1. The summed E-state index contributed by atoms with van der Waals surface area (Å²) in [7, 11) is 0. The summed E-state index contributed by atoms with van der Waals surface area (Å²) in [6.45, 7) is 10.0. The molecule has 0 N–H and O–H groups in total. The third-order valence-corrected chi connectivity index (χ3v) is 1.91. The molecular weight excluding hydrogens is 112 g/mol. The van der Waals surface area contributed by atoms with Gasteiger partial charge in [-0.3, -0.25) is 0 Å². The van der Waals surface area contributed by atoms with Crippen LogP contribution >= 0.6 is 0 Å². The van der Waals surface area contributed by atoms with E-state index in [9.17, 15) is 0 Å². The average molecular weight is 126 g/mol. The van der Waals surface area contributed by atoms with E-state index in [2.05, 4.69) is 20.4 Å². The van der Waals surface area contributed by atoms with E-state index in [4.69, 9.17) is 4.74 Å². The van der Waals surface area contributed by atoms with Crippen LogP contribution in [0.1, 0.15) is 13.8 Å². The van der Waals surface area contributed by atoms with Gasteiger partial charge in [0.1, 0.15) is 0 Å². The second-order valence-electron chi connectivity index (χ2n) is 3.02. The highest BCUT2D eigenvalue weighted by Gasteiger charge is 2.22. The highest BCUT2D eigenvalue weighted by molar-refractivity contribution is 5.05. The van der Waals surface area contributed by atoms with Gasteiger partial charge in [0, 0.05) is 5.92 Å². The molecule has 0 saturated carbocycles. The van der Waals surface area contributed by atoms with Gasteiger partial charge in [0.05, 0.1) is 13.2 Å². The Balaban J connectivity index is 2.49. The summed E-state index contributed by atoms with van der Waals surface area (Å²) in [5, 5.41) is 0. The minimum atomic E-state index is 0.616. The summed E-state index contributed by atoms with van der Waals surface area (Å²) < 4.78 is 5.23. The molecular formula is C8H14O. The van der Waals surface area contributed by atoms with Gasteiger partial charge in [-0.1, -0.05) is 20.4 Å². The van der Waals surface area contributed by atoms with E-state index in [1.165, 1.54) is 5.57 Å². The quantitative estimate of drug-likeness (QED) is 0.487. The average Bonchev–Trinajstić information content (AvgIpc) is 2.13. The molecule has 1 rings (SSSR count). The van der Waals surface area contributed by atoms with Gasteiger partial charge in [-0.25, -0.2) is 0 Å². The first-order valence-electron chi connectivity index (χ1n) is 3.47. The molecule has 0 aliphatic carbocycles. The number of ether oxygens (including phenoxy) is 1. The van der Waals surface area contributed by atoms with Crippen LogP contribution in [0.2, 0.25) is 0 Å². The van der Waals surface area contributed by atoms with E-state index in [-0.39, 0.29) is 0 Å². The van der Waals surface area contributed by atoms with Crippen LogP contribution in [-0.2, 0) is 4.74 Å². The second kappa shape index (κ2) is 2.53. The number of hydrogen-bond acceptors (Lipinski definition) is 1. The molecule has 1 fully saturated rings. The predicted molar refractivity (Wildman–Crippen MR) is 38.3 cm³/mol. The van der Waals surface area contributed by atoms with Crippen molar-refractivity contribution in [1.29, 1.82) is 0 Å². The van der Waals surface area contributed by atoms with E-state index in [1.807, 2.05) is 0 Å². The van der Waals surface area contributed by atoms with Crippen molar-refractivity contribution in [2.24, 2.45) is 11.8 Å². The van der Waals surface area contributed by atoms with E-state index >= 15 is 0 Å². The first-order chi connectivity index (χ1) is 4.22. The molecule has 0 aromatic heterocycles. The van der Waals surface area contributed by atoms with Gasteiger partial charge in [0.25, 0.3) is 0 Å². The minimum Gasteiger partial charge on any atom is -0.376 e. The standard InChI is InChI=1S/C8H14O/c1-6(2)8-5-9-4-7(8)3/h6,8H,3-5H2,1-2H3/t8-/m1/s1. The van der Waals surface area contributed by atoms with Gasteiger partial charge in [-0.05, 0) is 11.5 Å². The van der Waals surface area contributed by atoms with Crippen LogP contribution in [0, 0.1) is 11.8 Å². The van der Waals surface area contributed by atoms with Gasteiger partial charge in [-0.2, -0.15) is 0 Å². The molecule has 1 aliphatic rings. The largest absolute Gasteiger partial charge is 0.376 e. The summed E-state index contributed by atoms with van der Waals surface area (Å²) in [4.78, 5) is 0. The minimum absolute atomic E-state index is 0.616. The van der Waals surface area contributed by atoms with Crippen LogP contribution in [0.25, 0.3) is 0 Å². The third kappa shape index (κ3) is 1.33. The van der Waals surface area contributed by atoms with Gasteiger partial charge >= 0.3 is 0 Å². The number of hydrogen-bond donors (Lipinski definition) is 0. The smallest absolute Gasteiger partial charge is 0.0678 e. The molecule has 52 valence electrons. The van der Waals surface area contributed by atoms with E-state index in [0.717, 1.165) is 13.2 Å². The zero-order chi connectivity index (χ0) is 6.85. The fourth-order valence-corrected chi connectivity index (χ4v) is 1.21. The first-order valence-corrected chi connectivity index (χ1v) is 3.47. The van der Waals surface area contributed by atoms with Gasteiger partial charge in [-0.15, -0.1) is 0 Å². The SMILES string of the molecule is C=C1COC[C@@H]1C(C)C. The lowest BCUT2D eigenvalue weighted by atomic mass is 9.92. The Morgan fingerprint density at radius 1 is 1.67 bits per heavy atom. The van der Waals surface area contributed by atoms with E-state index < -0.39 is 0 Å². The Labute approximate surface area is 56.7 Å². The van der Waals surface area contributed by atoms with Crippen molar-refractivity contribution in [3.8, 4) is 0 Å². The maximum atomic E-state index is 5.23. The molecule has 0 bridgehead atoms. The molecule has 0 unspecified atom stereocenters. The predicted octanol–water partition coefficient (Wildman–Crippen LogP) is 1.84. The lowest BCUT2D eigenvalue weighted by Crippen LogP contribution is -2.08. The molecule has 0 aromatic rings. The maximum Gasteiger partial charge on any atom is 0.0678 e. The Morgan fingerprint density at radius 2 is 2.33 bits per heavy atom. The fourth-order valence-electron chi connectivity index (χ4n) is 1.21. The summed E-state index contributed by atoms with van der Waals surface area (Å²) in [5.74, 6) is 1.31. The van der Waals surface area contributed by atoms with E-state index in [1.54, 1.807) is 0 Å². The van der Waals surface area contributed by atoms with Crippen LogP contribution < -0.4 is 0 Å². The molecule has 9 heavy (non-hydrogen) atoms. The summed E-state index contributed by atoms with van der Waals surface area (Å²) >= 11 is 0. The van der Waals surface area contributed by atoms with Crippen molar-refractivity contribution >= 4 is 0 Å². The normalized spacial score (nSPS) is 27.9. The molecule has 1 heterocycles. The molecule has 0 radical (unpaired) electrons. The lowest BCUT2D eigenvalue weighted by molar-refractivity contribution is 0.177. The third-order valence-electron chi connectivity index (χ3n) is 1.91. The van der Waals surface area contributed by atoms with Crippen molar-refractivity contribution in [3.63, 3.8) is 0 Å². The van der Waals surface area contributed by atoms with Crippen LogP contribution in [0.4, 0.5) is 0 Å². The Morgan fingerprint density at radius 3 is 2.56 bits per heavy atom. The van der Waals surface area contributed by atoms with Gasteiger partial charge in [0.2, 0.25) is 0 Å². The Kier molecular flexibility index (Phi) is 1.91. The Bertz CT molecular complexity index is 116. The molecule has 0 amide bonds. The zero-order valence-corrected chi connectivity index (χ0v) is 6.18. The molecule has 0 aromatic carbocycles. The molecule has 1 saturated heterocycles. The van der Waals surface area contributed by atoms with Crippen LogP contribution in [0.15, 0.2) is 12.2 Å². The summed E-state index contributed by atoms with van der Waals surface area (Å²) in [6.07, 6.45) is 0. The van der Waals surface area contributed by atoms with Crippen molar-refractivity contribution in [3.05, 3.63) is 12.2 Å². The molecule has 0 spiro atoms. The van der Waals surface area contributed by atoms with E-state index in [0.29, 0.717) is 11.8 Å². The van der Waals surface area contributed by atoms with Gasteiger partial charge in [0.15, 0.2) is 0 Å². The topological polar surface area (TPSA) is 9.23 Å². The van der Waals surface area contributed by atoms with Crippen LogP contribution in [0.5, 0.6) is 0 Å². The van der Waals surface area contributed by atoms with Crippen molar-refractivity contribution in [1.82, 2.24) is 0 Å². The monoisotopic (exact) mass is 126 g/mol. The van der Waals surface area contributed by atoms with Crippen molar-refractivity contribution < 1.29 is 4.74 Å². The summed E-state index contributed by atoms with van der Waals surface area (Å²) in [6, 6.07) is 0. The molecule has 1 aliphatic heterocycles. The molecule has 1 atom stereocenters. The zero-order valence-electron chi connectivity index (χ0n) is 6.18. The fraction of sp³-hybridized carbons (Fsp3) is 0.750. The lowest BCUT2D eigenvalue weighted by Gasteiger charge is -2.11. The summed E-state index contributed by atoms with van der Waals surface area (Å²) in [5.41, 5.74) is 1.27. The maximum absolute atomic E-state index is 5.23. The van der Waals surface area contributed by atoms with Crippen molar-refractivity contribution in [2.45, 2.75) is 13.8 Å². The Hall–Kier alpha value is -0.300. The van der Waals surface area contributed by atoms with Gasteiger partial charge < -0.3 is 4.74 Å². The first kappa shape index (κ1) is 6.81. The molecule has 1 nitrogen and oxygen atoms in total. The highest BCUT2D eigenvalue weighted by atomic mass is 16.5. The second-order valence-corrected chi connectivity index (χ2v) is 3.02. The van der Waals surface area contributed by atoms with Crippen molar-refractivity contribution in [2.75, 3.05) is 13.2 Å². The molecule has 1 heteroatoms.